The van der Waals surface area contributed by atoms with Crippen LogP contribution in [0.4, 0.5) is 5.69 Å². The summed E-state index contributed by atoms with van der Waals surface area (Å²) >= 11 is 13.6. The molecule has 6 rings (SSSR count). The van der Waals surface area contributed by atoms with Gasteiger partial charge in [0, 0.05) is 39.8 Å². The second-order valence-electron chi connectivity index (χ2n) is 9.87. The molecule has 0 radical (unpaired) electrons. The Labute approximate surface area is 200 Å². The highest BCUT2D eigenvalue weighted by Crippen LogP contribution is 2.55. The lowest BCUT2D eigenvalue weighted by molar-refractivity contribution is 0.0640. The molecule has 3 aromatic rings. The van der Waals surface area contributed by atoms with E-state index in [1.807, 2.05) is 24.3 Å². The van der Waals surface area contributed by atoms with Crippen LogP contribution in [0.3, 0.4) is 0 Å². The number of fused-ring (bicyclic) bond motifs is 4. The maximum Gasteiger partial charge on any atom is 0.0636 e. The molecule has 4 heteroatoms. The van der Waals surface area contributed by atoms with Gasteiger partial charge in [-0.15, -0.1) is 0 Å². The number of halogens is 2. The summed E-state index contributed by atoms with van der Waals surface area (Å²) < 4.78 is 0. The van der Waals surface area contributed by atoms with Crippen LogP contribution in [0.25, 0.3) is 0 Å². The molecule has 1 N–H and O–H groups in total. The molecule has 164 valence electrons. The highest BCUT2D eigenvalue weighted by molar-refractivity contribution is 6.32. The van der Waals surface area contributed by atoms with Gasteiger partial charge in [0.05, 0.1) is 6.04 Å². The van der Waals surface area contributed by atoms with Gasteiger partial charge in [-0.05, 0) is 67.5 Å². The molecule has 0 aliphatic carbocycles. The zero-order chi connectivity index (χ0) is 21.9. The minimum Gasteiger partial charge on any atom is -0.384 e. The molecule has 3 heterocycles. The second kappa shape index (κ2) is 7.80. The number of aryl methyl sites for hydroxylation is 1. The van der Waals surface area contributed by atoms with Crippen molar-refractivity contribution in [3.63, 3.8) is 0 Å². The average molecular weight is 463 g/mol. The average Bonchev–Trinajstić information content (AvgIpc) is 3.25. The van der Waals surface area contributed by atoms with E-state index in [0.717, 1.165) is 27.7 Å². The molecule has 0 aromatic heterocycles. The Kier molecular flexibility index (Phi) is 5.02. The van der Waals surface area contributed by atoms with E-state index in [9.17, 15) is 0 Å². The molecule has 32 heavy (non-hydrogen) atoms. The van der Waals surface area contributed by atoms with Crippen molar-refractivity contribution < 1.29 is 0 Å². The fraction of sp³-hybridized carbons (Fsp3) is 0.357. The van der Waals surface area contributed by atoms with E-state index in [2.05, 4.69) is 59.6 Å². The Hall–Kier alpha value is -2.00. The molecular formula is C28H28Cl2N2. The van der Waals surface area contributed by atoms with Crippen LogP contribution < -0.4 is 5.32 Å². The molecule has 2 nitrogen and oxygen atoms in total. The highest BCUT2D eigenvalue weighted by Gasteiger charge is 2.53. The summed E-state index contributed by atoms with van der Waals surface area (Å²) in [5.41, 5.74) is 6.77. The van der Waals surface area contributed by atoms with E-state index in [-0.39, 0.29) is 11.5 Å². The highest BCUT2D eigenvalue weighted by atomic mass is 35.5. The minimum absolute atomic E-state index is 0.0820. The van der Waals surface area contributed by atoms with Crippen LogP contribution in [-0.2, 0) is 5.41 Å². The molecule has 2 bridgehead atoms. The molecular weight excluding hydrogens is 435 g/mol. The summed E-state index contributed by atoms with van der Waals surface area (Å²) in [6.07, 6.45) is 4.83. The van der Waals surface area contributed by atoms with Gasteiger partial charge in [-0.3, -0.25) is 4.90 Å². The molecule has 2 fully saturated rings. The lowest BCUT2D eigenvalue weighted by Crippen LogP contribution is -2.51. The normalized spacial score (nSPS) is 26.5. The molecule has 3 aromatic carbocycles. The molecule has 0 amide bonds. The predicted molar refractivity (Wildman–Crippen MR) is 134 cm³/mol. The van der Waals surface area contributed by atoms with Crippen LogP contribution in [0, 0.1) is 6.92 Å². The quantitative estimate of drug-likeness (QED) is 0.436. The van der Waals surface area contributed by atoms with Crippen molar-refractivity contribution in [3.8, 4) is 0 Å². The van der Waals surface area contributed by atoms with Crippen molar-refractivity contribution in [3.05, 3.63) is 99.0 Å². The van der Waals surface area contributed by atoms with E-state index in [0.29, 0.717) is 12.1 Å². The van der Waals surface area contributed by atoms with Gasteiger partial charge in [-0.25, -0.2) is 0 Å². The van der Waals surface area contributed by atoms with Gasteiger partial charge in [0.25, 0.3) is 0 Å². The first kappa shape index (κ1) is 20.6. The number of anilines is 1. The Bertz CT molecular complexity index is 1110. The standard InChI is InChI=1S/C28H28Cl2N2/c1-18-10-13-26-23(14-18)28(17-31-26)15-19-11-12-20(16-28)32(19)27(21-6-2-4-8-24(21)29)22-7-3-5-9-25(22)30/h2-10,13-14,19-20,27,31H,11-12,15-17H2,1H3/t19-,20+,28?. The largest absolute Gasteiger partial charge is 0.384 e. The third-order valence-corrected chi connectivity index (χ3v) is 8.68. The Balaban J connectivity index is 1.43. The van der Waals surface area contributed by atoms with Gasteiger partial charge in [0.15, 0.2) is 0 Å². The molecule has 3 aliphatic heterocycles. The summed E-state index contributed by atoms with van der Waals surface area (Å²) in [7, 11) is 0. The topological polar surface area (TPSA) is 15.3 Å². The van der Waals surface area contributed by atoms with Crippen LogP contribution in [0.5, 0.6) is 0 Å². The number of rotatable bonds is 3. The van der Waals surface area contributed by atoms with Gasteiger partial charge >= 0.3 is 0 Å². The van der Waals surface area contributed by atoms with Crippen molar-refractivity contribution in [2.75, 3.05) is 11.9 Å². The van der Waals surface area contributed by atoms with Gasteiger partial charge in [0.2, 0.25) is 0 Å². The van der Waals surface area contributed by atoms with Crippen molar-refractivity contribution in [2.45, 2.75) is 56.1 Å². The van der Waals surface area contributed by atoms with Crippen LogP contribution >= 0.6 is 23.2 Å². The number of benzene rings is 3. The van der Waals surface area contributed by atoms with Crippen LogP contribution in [0.15, 0.2) is 66.7 Å². The fourth-order valence-corrected chi connectivity index (χ4v) is 7.14. The molecule has 3 atom stereocenters. The third-order valence-electron chi connectivity index (χ3n) is 7.99. The van der Waals surface area contributed by atoms with Gasteiger partial charge in [-0.2, -0.15) is 0 Å². The van der Waals surface area contributed by atoms with E-state index in [4.69, 9.17) is 23.2 Å². The molecule has 2 saturated heterocycles. The van der Waals surface area contributed by atoms with E-state index < -0.39 is 0 Å². The summed E-state index contributed by atoms with van der Waals surface area (Å²) in [5, 5.41) is 5.36. The smallest absolute Gasteiger partial charge is 0.0636 e. The number of hydrogen-bond acceptors (Lipinski definition) is 2. The van der Waals surface area contributed by atoms with E-state index >= 15 is 0 Å². The predicted octanol–water partition coefficient (Wildman–Crippen LogP) is 7.38. The lowest BCUT2D eigenvalue weighted by Gasteiger charge is -2.48. The van der Waals surface area contributed by atoms with E-state index in [1.54, 1.807) is 0 Å². The van der Waals surface area contributed by atoms with Crippen LogP contribution in [-0.4, -0.2) is 23.5 Å². The molecule has 1 spiro atoms. The number of piperidine rings is 1. The Morgan fingerprint density at radius 2 is 1.47 bits per heavy atom. The van der Waals surface area contributed by atoms with Crippen molar-refractivity contribution in [1.29, 1.82) is 0 Å². The Morgan fingerprint density at radius 3 is 2.06 bits per heavy atom. The summed E-state index contributed by atoms with van der Waals surface area (Å²) in [6, 6.07) is 24.6. The first-order valence-corrected chi connectivity index (χ1v) is 12.4. The van der Waals surface area contributed by atoms with Crippen molar-refractivity contribution in [2.24, 2.45) is 0 Å². The zero-order valence-electron chi connectivity index (χ0n) is 18.3. The SMILES string of the molecule is Cc1ccc2c(c1)C1(CN2)C[C@H]2CC[C@@H](C1)N2C(c1ccccc1Cl)c1ccccc1Cl. The maximum atomic E-state index is 6.78. The third kappa shape index (κ3) is 3.19. The first-order chi connectivity index (χ1) is 15.6. The lowest BCUT2D eigenvalue weighted by atomic mass is 9.70. The monoisotopic (exact) mass is 462 g/mol. The second-order valence-corrected chi connectivity index (χ2v) is 10.7. The maximum absolute atomic E-state index is 6.78. The van der Waals surface area contributed by atoms with Crippen molar-refractivity contribution >= 4 is 28.9 Å². The minimum atomic E-state index is 0.0820. The number of nitrogens with zero attached hydrogens (tertiary/aromatic N) is 1. The Morgan fingerprint density at radius 1 is 0.875 bits per heavy atom. The van der Waals surface area contributed by atoms with Gasteiger partial charge in [0.1, 0.15) is 0 Å². The molecule has 0 saturated carbocycles. The number of hydrogen-bond donors (Lipinski definition) is 1. The van der Waals surface area contributed by atoms with Gasteiger partial charge < -0.3 is 5.32 Å². The van der Waals surface area contributed by atoms with E-state index in [1.165, 1.54) is 42.5 Å². The van der Waals surface area contributed by atoms with Crippen LogP contribution in [0.1, 0.15) is 54.0 Å². The molecule has 3 aliphatic rings. The molecule has 1 unspecified atom stereocenters. The first-order valence-electron chi connectivity index (χ1n) is 11.7. The van der Waals surface area contributed by atoms with Gasteiger partial charge in [-0.1, -0.05) is 77.3 Å². The van der Waals surface area contributed by atoms with Crippen molar-refractivity contribution in [1.82, 2.24) is 4.90 Å². The fourth-order valence-electron chi connectivity index (χ4n) is 6.66. The number of nitrogens with one attached hydrogen (secondary N) is 1. The summed E-state index contributed by atoms with van der Waals surface area (Å²) in [6.45, 7) is 3.26. The summed E-state index contributed by atoms with van der Waals surface area (Å²) in [4.78, 5) is 2.75. The van der Waals surface area contributed by atoms with Crippen LogP contribution in [0.2, 0.25) is 10.0 Å². The summed E-state index contributed by atoms with van der Waals surface area (Å²) in [5.74, 6) is 0. The zero-order valence-corrected chi connectivity index (χ0v) is 19.8.